The number of nitrogens with zero attached hydrogens (tertiary/aromatic N) is 2. The van der Waals surface area contributed by atoms with Crippen molar-refractivity contribution < 1.29 is 8.42 Å². The fourth-order valence-corrected chi connectivity index (χ4v) is 7.61. The van der Waals surface area contributed by atoms with Crippen molar-refractivity contribution in [2.75, 3.05) is 6.26 Å². The quantitative estimate of drug-likeness (QED) is 0.132. The smallest absolute Gasteiger partial charge is 0.208 e. The van der Waals surface area contributed by atoms with E-state index in [0.29, 0.717) is 25.6 Å². The Morgan fingerprint density at radius 3 is 2.56 bits per heavy atom. The van der Waals surface area contributed by atoms with Gasteiger partial charge in [0.2, 0.25) is 9.84 Å². The van der Waals surface area contributed by atoms with E-state index in [0.717, 1.165) is 16.1 Å². The molecule has 0 saturated carbocycles. The lowest BCUT2D eigenvalue weighted by molar-refractivity contribution is 0.595. The minimum Gasteiger partial charge on any atom is -0.383 e. The van der Waals surface area contributed by atoms with E-state index in [1.165, 1.54) is 29.2 Å². The van der Waals surface area contributed by atoms with E-state index in [2.05, 4.69) is 27.5 Å². The van der Waals surface area contributed by atoms with Gasteiger partial charge in [-0.05, 0) is 61.2 Å². The minimum atomic E-state index is -3.80. The summed E-state index contributed by atoms with van der Waals surface area (Å²) < 4.78 is 29.8. The second-order valence-electron chi connectivity index (χ2n) is 7.15. The molecular weight excluding hydrogens is 576 g/mol. The molecule has 0 aliphatic carbocycles. The Morgan fingerprint density at radius 2 is 2.03 bits per heavy atom. The Labute approximate surface area is 222 Å². The van der Waals surface area contributed by atoms with Gasteiger partial charge in [0, 0.05) is 16.0 Å². The van der Waals surface area contributed by atoms with Crippen molar-refractivity contribution in [2.24, 2.45) is 5.73 Å². The van der Waals surface area contributed by atoms with E-state index in [-0.39, 0.29) is 15.6 Å². The van der Waals surface area contributed by atoms with Crippen LogP contribution >= 0.6 is 50.6 Å². The maximum atomic E-state index is 13.3. The summed E-state index contributed by atoms with van der Waals surface area (Å²) in [5, 5.41) is 8.47. The SMILES string of the molecule is C/C=C(\C)Cl.C=C/C=C(\C)Cn1cnc2cc(S(=O)(=O)c3cc(C(=N)N)sc3SC)cc(Br)c21. The summed E-state index contributed by atoms with van der Waals surface area (Å²) in [5.74, 6) is -0.148. The van der Waals surface area contributed by atoms with Crippen LogP contribution in [0.2, 0.25) is 0 Å². The van der Waals surface area contributed by atoms with E-state index in [4.69, 9.17) is 22.7 Å². The Bertz CT molecular complexity index is 1380. The van der Waals surface area contributed by atoms with Crippen LogP contribution in [0.4, 0.5) is 0 Å². The molecule has 0 aliphatic rings. The zero-order valence-electron chi connectivity index (χ0n) is 19.2. The first-order chi connectivity index (χ1) is 16.0. The van der Waals surface area contributed by atoms with Crippen LogP contribution in [0.5, 0.6) is 0 Å². The highest BCUT2D eigenvalue weighted by molar-refractivity contribution is 9.10. The number of amidine groups is 1. The number of nitrogens with one attached hydrogen (secondary N) is 1. The molecule has 0 aliphatic heterocycles. The van der Waals surface area contributed by atoms with Crippen LogP contribution in [0.25, 0.3) is 11.0 Å². The number of nitrogen functional groups attached to an aromatic ring is 1. The maximum Gasteiger partial charge on any atom is 0.208 e. The summed E-state index contributed by atoms with van der Waals surface area (Å²) in [6.45, 7) is 10.1. The molecule has 0 unspecified atom stereocenters. The number of rotatable bonds is 7. The van der Waals surface area contributed by atoms with Crippen molar-refractivity contribution in [3.05, 3.63) is 69.3 Å². The predicted octanol–water partition coefficient (Wildman–Crippen LogP) is 6.98. The van der Waals surface area contributed by atoms with Crippen LogP contribution in [0.1, 0.15) is 25.6 Å². The fourth-order valence-electron chi connectivity index (χ4n) is 2.88. The molecule has 0 saturated heterocycles. The van der Waals surface area contributed by atoms with Gasteiger partial charge in [-0.1, -0.05) is 42.0 Å². The number of allylic oxidation sites excluding steroid dienone is 5. The molecule has 3 rings (SSSR count). The molecule has 182 valence electrons. The van der Waals surface area contributed by atoms with Gasteiger partial charge in [-0.25, -0.2) is 13.4 Å². The molecule has 0 spiro atoms. The van der Waals surface area contributed by atoms with Gasteiger partial charge >= 0.3 is 0 Å². The molecule has 0 atom stereocenters. The second-order valence-corrected chi connectivity index (χ2v) is 12.6. The summed E-state index contributed by atoms with van der Waals surface area (Å²) in [5.41, 5.74) is 8.05. The zero-order valence-corrected chi connectivity index (χ0v) is 24.0. The Hall–Kier alpha value is -1.85. The molecule has 2 heterocycles. The van der Waals surface area contributed by atoms with Gasteiger partial charge < -0.3 is 10.3 Å². The molecule has 0 bridgehead atoms. The van der Waals surface area contributed by atoms with Crippen molar-refractivity contribution in [2.45, 2.75) is 41.3 Å². The molecule has 3 N–H and O–H groups in total. The first-order valence-corrected chi connectivity index (χ1v) is 14.6. The van der Waals surface area contributed by atoms with Gasteiger partial charge in [0.15, 0.2) is 0 Å². The lowest BCUT2D eigenvalue weighted by atomic mass is 10.2. The molecule has 2 aromatic heterocycles. The van der Waals surface area contributed by atoms with Crippen LogP contribution in [0.15, 0.2) is 78.4 Å². The average Bonchev–Trinajstić information content (AvgIpc) is 3.39. The van der Waals surface area contributed by atoms with Crippen LogP contribution in [-0.4, -0.2) is 30.1 Å². The Balaban J connectivity index is 0.000000739. The summed E-state index contributed by atoms with van der Waals surface area (Å²) in [4.78, 5) is 5.13. The monoisotopic (exact) mass is 600 g/mol. The van der Waals surface area contributed by atoms with Gasteiger partial charge in [-0.3, -0.25) is 5.41 Å². The molecule has 1 aromatic carbocycles. The van der Waals surface area contributed by atoms with Crippen molar-refractivity contribution in [1.29, 1.82) is 5.41 Å². The summed E-state index contributed by atoms with van der Waals surface area (Å²) >= 11 is 11.4. The van der Waals surface area contributed by atoms with E-state index in [1.54, 1.807) is 30.8 Å². The topological polar surface area (TPSA) is 102 Å². The molecular formula is C23H26BrClN4O2S3. The first-order valence-electron chi connectivity index (χ1n) is 9.94. The van der Waals surface area contributed by atoms with Crippen molar-refractivity contribution >= 4 is 77.3 Å². The van der Waals surface area contributed by atoms with E-state index >= 15 is 0 Å². The van der Waals surface area contributed by atoms with Crippen LogP contribution in [0.3, 0.4) is 0 Å². The lowest BCUT2D eigenvalue weighted by Crippen LogP contribution is -2.09. The van der Waals surface area contributed by atoms with Gasteiger partial charge in [0.1, 0.15) is 5.84 Å². The third-order valence-corrected chi connectivity index (χ3v) is 9.72. The molecule has 0 amide bonds. The van der Waals surface area contributed by atoms with Gasteiger partial charge in [-0.2, -0.15) is 0 Å². The van der Waals surface area contributed by atoms with Crippen molar-refractivity contribution in [3.63, 3.8) is 0 Å². The molecule has 6 nitrogen and oxygen atoms in total. The van der Waals surface area contributed by atoms with Crippen LogP contribution in [0, 0.1) is 5.41 Å². The first kappa shape index (κ1) is 28.4. The molecule has 34 heavy (non-hydrogen) atoms. The zero-order chi connectivity index (χ0) is 25.6. The number of aromatic nitrogens is 2. The van der Waals surface area contributed by atoms with Crippen LogP contribution in [-0.2, 0) is 16.4 Å². The third kappa shape index (κ3) is 6.63. The number of thiophene rings is 1. The number of hydrogen-bond acceptors (Lipinski definition) is 6. The number of halogens is 2. The number of fused-ring (bicyclic) bond motifs is 1. The van der Waals surface area contributed by atoms with Gasteiger partial charge in [0.05, 0.1) is 36.2 Å². The van der Waals surface area contributed by atoms with E-state index < -0.39 is 9.84 Å². The summed E-state index contributed by atoms with van der Waals surface area (Å²) in [6, 6.07) is 4.64. The molecule has 11 heteroatoms. The van der Waals surface area contributed by atoms with Crippen molar-refractivity contribution in [1.82, 2.24) is 9.55 Å². The highest BCUT2D eigenvalue weighted by Crippen LogP contribution is 2.38. The largest absolute Gasteiger partial charge is 0.383 e. The number of benzene rings is 1. The van der Waals surface area contributed by atoms with Gasteiger partial charge in [0.25, 0.3) is 0 Å². The molecule has 0 fully saturated rings. The molecule has 3 aromatic rings. The number of sulfone groups is 1. The average molecular weight is 602 g/mol. The van der Waals surface area contributed by atoms with Gasteiger partial charge in [-0.15, -0.1) is 23.1 Å². The number of hydrogen-bond donors (Lipinski definition) is 2. The molecule has 0 radical (unpaired) electrons. The number of nitrogens with two attached hydrogens (primary N) is 1. The van der Waals surface area contributed by atoms with E-state index in [1.807, 2.05) is 37.5 Å². The van der Waals surface area contributed by atoms with E-state index in [9.17, 15) is 8.42 Å². The van der Waals surface area contributed by atoms with Crippen LogP contribution < -0.4 is 5.73 Å². The number of thioether (sulfide) groups is 1. The fraction of sp³-hybridized carbons (Fsp3) is 0.217. The lowest BCUT2D eigenvalue weighted by Gasteiger charge is -2.09. The standard InChI is InChI=1S/C19H19BrN4O2S3.C4H7Cl/c1-4-5-11(2)9-24-10-23-14-7-12(6-13(20)17(14)24)29(25,26)16-8-15(18(21)22)28-19(16)27-3;1-3-4(2)5/h4-8,10H,1,9H2,2-3H3,(H3,21,22);3H,1-2H3/b11-5+;4-3+. The Morgan fingerprint density at radius 1 is 1.38 bits per heavy atom. The second kappa shape index (κ2) is 12.2. The predicted molar refractivity (Wildman–Crippen MR) is 149 cm³/mol. The Kier molecular flexibility index (Phi) is 10.2. The normalized spacial score (nSPS) is 12.4. The van der Waals surface area contributed by atoms with Crippen molar-refractivity contribution in [3.8, 4) is 0 Å². The summed E-state index contributed by atoms with van der Waals surface area (Å²) in [7, 11) is -3.80. The maximum absolute atomic E-state index is 13.3. The highest BCUT2D eigenvalue weighted by Gasteiger charge is 2.26. The highest BCUT2D eigenvalue weighted by atomic mass is 79.9. The third-order valence-electron chi connectivity index (χ3n) is 4.58. The minimum absolute atomic E-state index is 0.142. The summed E-state index contributed by atoms with van der Waals surface area (Å²) in [6.07, 6.45) is 8.99. The number of imidazole rings is 1.